The van der Waals surface area contributed by atoms with Crippen molar-refractivity contribution in [2.24, 2.45) is 5.92 Å². The van der Waals surface area contributed by atoms with Gasteiger partial charge in [0.2, 0.25) is 0 Å². The second-order valence-electron chi connectivity index (χ2n) is 5.39. The van der Waals surface area contributed by atoms with Crippen LogP contribution in [0, 0.1) is 5.92 Å². The summed E-state index contributed by atoms with van der Waals surface area (Å²) in [6.45, 7) is 0. The van der Waals surface area contributed by atoms with Crippen LogP contribution in [-0.2, 0) is 9.53 Å². The van der Waals surface area contributed by atoms with Crippen LogP contribution in [0.4, 0.5) is 0 Å². The van der Waals surface area contributed by atoms with E-state index in [2.05, 4.69) is 30.4 Å². The molecule has 0 bridgehead atoms. The molecule has 0 radical (unpaired) electrons. The zero-order valence-corrected chi connectivity index (χ0v) is 11.7. The first-order valence-electron chi connectivity index (χ1n) is 7.06. The van der Waals surface area contributed by atoms with Crippen LogP contribution in [0.15, 0.2) is 82.9 Å². The summed E-state index contributed by atoms with van der Waals surface area (Å²) in [4.78, 5) is 14.1. The van der Waals surface area contributed by atoms with Crippen LogP contribution in [0.2, 0.25) is 0 Å². The van der Waals surface area contributed by atoms with E-state index in [1.165, 1.54) is 23.8 Å². The van der Waals surface area contributed by atoms with Crippen molar-refractivity contribution in [1.82, 2.24) is 4.90 Å². The van der Waals surface area contributed by atoms with Gasteiger partial charge in [0.1, 0.15) is 0 Å². The predicted octanol–water partition coefficient (Wildman–Crippen LogP) is 3.14. The third-order valence-corrected chi connectivity index (χ3v) is 4.31. The van der Waals surface area contributed by atoms with Crippen molar-refractivity contribution in [1.29, 1.82) is 0 Å². The number of fused-ring (bicyclic) bond motifs is 3. The van der Waals surface area contributed by atoms with Crippen molar-refractivity contribution >= 4 is 5.97 Å². The first kappa shape index (κ1) is 12.2. The van der Waals surface area contributed by atoms with Crippen LogP contribution in [-0.4, -0.2) is 18.0 Å². The maximum atomic E-state index is 12.1. The van der Waals surface area contributed by atoms with Crippen molar-refractivity contribution < 1.29 is 9.53 Å². The molecule has 0 spiro atoms. The number of esters is 1. The summed E-state index contributed by atoms with van der Waals surface area (Å²) in [5.74, 6) is 0.134. The molecule has 3 heteroatoms. The molecule has 4 rings (SSSR count). The molecule has 0 aromatic heterocycles. The highest BCUT2D eigenvalue weighted by Crippen LogP contribution is 2.46. The van der Waals surface area contributed by atoms with Crippen LogP contribution in [0.25, 0.3) is 0 Å². The van der Waals surface area contributed by atoms with Gasteiger partial charge in [-0.05, 0) is 41.4 Å². The number of hydrogen-bond acceptors (Lipinski definition) is 3. The van der Waals surface area contributed by atoms with Crippen LogP contribution in [0.5, 0.6) is 0 Å². The largest absolute Gasteiger partial charge is 0.465 e. The topological polar surface area (TPSA) is 29.5 Å². The van der Waals surface area contributed by atoms with Crippen molar-refractivity contribution in [2.75, 3.05) is 7.11 Å². The van der Waals surface area contributed by atoms with E-state index in [-0.39, 0.29) is 5.97 Å². The zero-order valence-electron chi connectivity index (χ0n) is 11.7. The summed E-state index contributed by atoms with van der Waals surface area (Å²) >= 11 is 0. The number of hydrogen-bond donors (Lipinski definition) is 0. The zero-order chi connectivity index (χ0) is 14.4. The lowest BCUT2D eigenvalue weighted by atomic mass is 9.95. The highest BCUT2D eigenvalue weighted by atomic mass is 16.5. The van der Waals surface area contributed by atoms with Crippen LogP contribution >= 0.6 is 0 Å². The summed E-state index contributed by atoms with van der Waals surface area (Å²) in [5.41, 5.74) is 5.41. The molecule has 0 aromatic carbocycles. The molecule has 0 amide bonds. The van der Waals surface area contributed by atoms with E-state index in [4.69, 9.17) is 4.74 Å². The number of rotatable bonds is 1. The number of methoxy groups -OCH3 is 1. The van der Waals surface area contributed by atoms with E-state index >= 15 is 0 Å². The smallest absolute Gasteiger partial charge is 0.340 e. The molecule has 0 N–H and O–H groups in total. The van der Waals surface area contributed by atoms with Gasteiger partial charge in [-0.2, -0.15) is 0 Å². The van der Waals surface area contributed by atoms with E-state index in [0.29, 0.717) is 11.5 Å². The summed E-state index contributed by atoms with van der Waals surface area (Å²) in [6, 6.07) is 0. The molecule has 2 aliphatic heterocycles. The maximum absolute atomic E-state index is 12.1. The second-order valence-corrected chi connectivity index (χ2v) is 5.39. The number of nitrogens with zero attached hydrogens (tertiary/aromatic N) is 1. The van der Waals surface area contributed by atoms with E-state index in [1.807, 2.05) is 29.5 Å². The van der Waals surface area contributed by atoms with Gasteiger partial charge in [0.15, 0.2) is 0 Å². The van der Waals surface area contributed by atoms with Crippen molar-refractivity contribution in [3.8, 4) is 0 Å². The van der Waals surface area contributed by atoms with E-state index in [1.54, 1.807) is 0 Å². The Balaban J connectivity index is 1.89. The minimum absolute atomic E-state index is 0.285. The Morgan fingerprint density at radius 3 is 3.00 bits per heavy atom. The quantitative estimate of drug-likeness (QED) is 0.690. The number of carbonyl (C=O) groups excluding carboxylic acids is 1. The molecule has 0 aromatic rings. The predicted molar refractivity (Wildman–Crippen MR) is 80.7 cm³/mol. The van der Waals surface area contributed by atoms with Crippen molar-refractivity contribution in [3.63, 3.8) is 0 Å². The molecule has 1 atom stereocenters. The average molecular weight is 277 g/mol. The van der Waals surface area contributed by atoms with Crippen molar-refractivity contribution in [2.45, 2.75) is 6.42 Å². The molecular formula is C18H15NO2. The molecule has 0 saturated carbocycles. The third kappa shape index (κ3) is 1.70. The van der Waals surface area contributed by atoms with E-state index < -0.39 is 0 Å². The highest BCUT2D eigenvalue weighted by molar-refractivity contribution is 5.95. The normalized spacial score (nSPS) is 24.9. The lowest BCUT2D eigenvalue weighted by Gasteiger charge is -2.29. The fourth-order valence-corrected chi connectivity index (χ4v) is 3.37. The minimum Gasteiger partial charge on any atom is -0.465 e. The van der Waals surface area contributed by atoms with Crippen LogP contribution in [0.1, 0.15) is 6.42 Å². The first-order valence-corrected chi connectivity index (χ1v) is 7.06. The van der Waals surface area contributed by atoms with Gasteiger partial charge in [-0.15, -0.1) is 0 Å². The Morgan fingerprint density at radius 1 is 1.24 bits per heavy atom. The van der Waals surface area contributed by atoms with Crippen LogP contribution < -0.4 is 0 Å². The molecule has 1 unspecified atom stereocenters. The lowest BCUT2D eigenvalue weighted by molar-refractivity contribution is -0.135. The Labute approximate surface area is 123 Å². The molecule has 3 nitrogen and oxygen atoms in total. The summed E-state index contributed by atoms with van der Waals surface area (Å²) in [5, 5.41) is 0. The maximum Gasteiger partial charge on any atom is 0.340 e. The summed E-state index contributed by atoms with van der Waals surface area (Å²) in [7, 11) is 1.43. The summed E-state index contributed by atoms with van der Waals surface area (Å²) in [6.07, 6.45) is 19.3. The fourth-order valence-electron chi connectivity index (χ4n) is 3.37. The van der Waals surface area contributed by atoms with E-state index in [9.17, 15) is 4.79 Å². The van der Waals surface area contributed by atoms with Gasteiger partial charge in [0.05, 0.1) is 18.4 Å². The van der Waals surface area contributed by atoms with E-state index in [0.717, 1.165) is 12.1 Å². The molecule has 21 heavy (non-hydrogen) atoms. The Bertz CT molecular complexity index is 741. The Morgan fingerprint density at radius 2 is 2.14 bits per heavy atom. The van der Waals surface area contributed by atoms with Gasteiger partial charge in [-0.25, -0.2) is 4.79 Å². The fraction of sp³-hybridized carbons (Fsp3) is 0.167. The standard InChI is InChI=1S/C18H15NO2/c1-21-18(20)15-7-4-9-19-10-8-14-13-6-3-2-5-12(13)11-16(14)17(15)19/h2-10,12H,11H2,1H3. The molecule has 0 saturated heterocycles. The van der Waals surface area contributed by atoms with Gasteiger partial charge in [-0.3, -0.25) is 0 Å². The third-order valence-electron chi connectivity index (χ3n) is 4.31. The molecule has 2 heterocycles. The lowest BCUT2D eigenvalue weighted by Crippen LogP contribution is -2.23. The minimum atomic E-state index is -0.285. The van der Waals surface area contributed by atoms with Gasteiger partial charge in [0.25, 0.3) is 0 Å². The molecule has 2 aliphatic carbocycles. The van der Waals surface area contributed by atoms with Crippen LogP contribution in [0.3, 0.4) is 0 Å². The number of allylic oxidation sites excluding steroid dienone is 10. The van der Waals surface area contributed by atoms with Crippen molar-refractivity contribution in [3.05, 3.63) is 82.9 Å². The Kier molecular flexibility index (Phi) is 2.61. The highest BCUT2D eigenvalue weighted by Gasteiger charge is 2.34. The SMILES string of the molecule is COC(=O)C1=CC=CN2C=CC3=C4C=CC=CC4CC3=C12. The molecule has 104 valence electrons. The summed E-state index contributed by atoms with van der Waals surface area (Å²) < 4.78 is 4.94. The second kappa shape index (κ2) is 4.48. The molecular weight excluding hydrogens is 262 g/mol. The molecule has 0 fully saturated rings. The average Bonchev–Trinajstić information content (AvgIpc) is 2.92. The van der Waals surface area contributed by atoms with Gasteiger partial charge < -0.3 is 9.64 Å². The monoisotopic (exact) mass is 277 g/mol. The number of ether oxygens (including phenoxy) is 1. The first-order chi connectivity index (χ1) is 10.3. The van der Waals surface area contributed by atoms with Gasteiger partial charge in [0, 0.05) is 18.3 Å². The van der Waals surface area contributed by atoms with Gasteiger partial charge in [-0.1, -0.05) is 24.3 Å². The van der Waals surface area contributed by atoms with Gasteiger partial charge >= 0.3 is 5.97 Å². The Hall–Kier alpha value is -2.55. The number of carbonyl (C=O) groups is 1. The molecule has 4 aliphatic rings.